The Bertz CT molecular complexity index is 628. The average molecular weight is 341 g/mol. The normalized spacial score (nSPS) is 10.7. The first kappa shape index (κ1) is 16.8. The monoisotopic (exact) mass is 340 g/mol. The van der Waals surface area contributed by atoms with Gasteiger partial charge in [0.15, 0.2) is 5.11 Å². The molecule has 2 aromatic rings. The van der Waals surface area contributed by atoms with Crippen molar-refractivity contribution in [1.82, 2.24) is 30.2 Å². The third-order valence-corrected chi connectivity index (χ3v) is 3.97. The first-order chi connectivity index (χ1) is 10.5. The quantitative estimate of drug-likeness (QED) is 0.621. The van der Waals surface area contributed by atoms with E-state index >= 15 is 0 Å². The predicted molar refractivity (Wildman–Crippen MR) is 92.0 cm³/mol. The van der Waals surface area contributed by atoms with E-state index < -0.39 is 0 Å². The molecule has 0 aliphatic rings. The molecule has 0 amide bonds. The molecule has 0 radical (unpaired) electrons. The molecule has 8 heteroatoms. The third-order valence-electron chi connectivity index (χ3n) is 3.36. The minimum atomic E-state index is 0.554. The highest BCUT2D eigenvalue weighted by Gasteiger charge is 2.06. The molecule has 0 atom stereocenters. The lowest BCUT2D eigenvalue weighted by molar-refractivity contribution is 0.556. The van der Waals surface area contributed by atoms with Gasteiger partial charge in [-0.3, -0.25) is 9.36 Å². The maximum Gasteiger partial charge on any atom is 0.166 e. The van der Waals surface area contributed by atoms with E-state index in [1.807, 2.05) is 18.7 Å². The van der Waals surface area contributed by atoms with Gasteiger partial charge in [-0.25, -0.2) is 0 Å². The van der Waals surface area contributed by atoms with Crippen molar-refractivity contribution in [3.63, 3.8) is 0 Å². The van der Waals surface area contributed by atoms with Crippen molar-refractivity contribution < 1.29 is 0 Å². The Kier molecular flexibility index (Phi) is 5.79. The van der Waals surface area contributed by atoms with E-state index in [0.29, 0.717) is 16.7 Å². The Morgan fingerprint density at radius 2 is 2.14 bits per heavy atom. The van der Waals surface area contributed by atoms with Gasteiger partial charge in [0, 0.05) is 25.8 Å². The summed E-state index contributed by atoms with van der Waals surface area (Å²) in [5.74, 6) is 0. The zero-order chi connectivity index (χ0) is 16.1. The maximum atomic E-state index is 6.04. The summed E-state index contributed by atoms with van der Waals surface area (Å²) in [6.45, 7) is 6.30. The van der Waals surface area contributed by atoms with Crippen molar-refractivity contribution in [1.29, 1.82) is 0 Å². The molecule has 0 spiro atoms. The Hall–Kier alpha value is -1.60. The number of hydrogen-bond acceptors (Lipinski definition) is 3. The number of nitrogens with zero attached hydrogens (tertiary/aromatic N) is 4. The molecule has 0 saturated heterocycles. The predicted octanol–water partition coefficient (Wildman–Crippen LogP) is 1.94. The highest BCUT2D eigenvalue weighted by molar-refractivity contribution is 7.80. The minimum absolute atomic E-state index is 0.554. The summed E-state index contributed by atoms with van der Waals surface area (Å²) in [6, 6.07) is 2.08. The number of aryl methyl sites for hydroxylation is 4. The highest BCUT2D eigenvalue weighted by atomic mass is 35.5. The van der Waals surface area contributed by atoms with Crippen LogP contribution < -0.4 is 10.6 Å². The van der Waals surface area contributed by atoms with Gasteiger partial charge in [-0.2, -0.15) is 10.2 Å². The molecule has 22 heavy (non-hydrogen) atoms. The van der Waals surface area contributed by atoms with Crippen LogP contribution in [0.4, 0.5) is 0 Å². The fourth-order valence-corrected chi connectivity index (χ4v) is 2.60. The summed E-state index contributed by atoms with van der Waals surface area (Å²) in [7, 11) is 1.85. The second kappa shape index (κ2) is 7.60. The molecule has 0 bridgehead atoms. The lowest BCUT2D eigenvalue weighted by atomic mass is 10.4. The summed E-state index contributed by atoms with van der Waals surface area (Å²) in [6.07, 6.45) is 2.58. The van der Waals surface area contributed by atoms with Crippen molar-refractivity contribution in [3.05, 3.63) is 34.4 Å². The molecule has 0 aliphatic carbocycles. The van der Waals surface area contributed by atoms with Crippen molar-refractivity contribution in [2.75, 3.05) is 6.54 Å². The van der Waals surface area contributed by atoms with Crippen LogP contribution in [0.3, 0.4) is 0 Å². The van der Waals surface area contributed by atoms with Crippen LogP contribution in [0.1, 0.15) is 23.5 Å². The number of thiocarbonyl (C=S) groups is 1. The molecule has 6 nitrogen and oxygen atoms in total. The second-order valence-electron chi connectivity index (χ2n) is 5.18. The molecule has 0 aliphatic heterocycles. The van der Waals surface area contributed by atoms with Crippen LogP contribution in [-0.2, 0) is 20.1 Å². The van der Waals surface area contributed by atoms with E-state index in [1.165, 1.54) is 5.69 Å². The Morgan fingerprint density at radius 3 is 2.73 bits per heavy atom. The SMILES string of the molecule is Cc1cc(C)n(CCCNC(=S)NCc2c(Cl)cnn2C)n1. The van der Waals surface area contributed by atoms with Gasteiger partial charge in [0.05, 0.1) is 29.2 Å². The number of halogens is 1. The van der Waals surface area contributed by atoms with Crippen molar-refractivity contribution in [2.24, 2.45) is 7.05 Å². The molecule has 120 valence electrons. The van der Waals surface area contributed by atoms with Gasteiger partial charge in [0.1, 0.15) is 0 Å². The van der Waals surface area contributed by atoms with Gasteiger partial charge in [-0.15, -0.1) is 0 Å². The van der Waals surface area contributed by atoms with Crippen LogP contribution in [0.25, 0.3) is 0 Å². The standard InChI is InChI=1S/C14H21ClN6S/c1-10-7-11(2)21(19-10)6-4-5-16-14(22)17-9-13-12(15)8-18-20(13)3/h7-8H,4-6,9H2,1-3H3,(H2,16,17,22). The lowest BCUT2D eigenvalue weighted by Crippen LogP contribution is -2.36. The zero-order valence-electron chi connectivity index (χ0n) is 13.1. The first-order valence-corrected chi connectivity index (χ1v) is 7.95. The van der Waals surface area contributed by atoms with E-state index in [2.05, 4.69) is 33.8 Å². The molecule has 0 unspecified atom stereocenters. The number of nitrogens with one attached hydrogen (secondary N) is 2. The molecule has 2 rings (SSSR count). The van der Waals surface area contributed by atoms with Crippen LogP contribution in [0.5, 0.6) is 0 Å². The maximum absolute atomic E-state index is 6.04. The summed E-state index contributed by atoms with van der Waals surface area (Å²) in [4.78, 5) is 0. The smallest absolute Gasteiger partial charge is 0.166 e. The van der Waals surface area contributed by atoms with E-state index in [4.69, 9.17) is 23.8 Å². The molecule has 0 aromatic carbocycles. The van der Waals surface area contributed by atoms with Crippen molar-refractivity contribution in [2.45, 2.75) is 33.4 Å². The van der Waals surface area contributed by atoms with Crippen molar-refractivity contribution >= 4 is 28.9 Å². The highest BCUT2D eigenvalue weighted by Crippen LogP contribution is 2.13. The van der Waals surface area contributed by atoms with Gasteiger partial charge >= 0.3 is 0 Å². The number of rotatable bonds is 6. The van der Waals surface area contributed by atoms with Gasteiger partial charge in [-0.1, -0.05) is 11.6 Å². The largest absolute Gasteiger partial charge is 0.363 e. The zero-order valence-corrected chi connectivity index (χ0v) is 14.6. The Balaban J connectivity index is 1.67. The van der Waals surface area contributed by atoms with Gasteiger partial charge < -0.3 is 10.6 Å². The molecule has 0 saturated carbocycles. The Labute approximate surface area is 140 Å². The number of hydrogen-bond donors (Lipinski definition) is 2. The van der Waals surface area contributed by atoms with E-state index in [-0.39, 0.29) is 0 Å². The minimum Gasteiger partial charge on any atom is -0.363 e. The lowest BCUT2D eigenvalue weighted by Gasteiger charge is -2.11. The summed E-state index contributed by atoms with van der Waals surface area (Å²) < 4.78 is 3.75. The average Bonchev–Trinajstić information content (AvgIpc) is 2.95. The molecular formula is C14H21ClN6S. The Morgan fingerprint density at radius 1 is 1.36 bits per heavy atom. The van der Waals surface area contributed by atoms with Gasteiger partial charge in [0.25, 0.3) is 0 Å². The van der Waals surface area contributed by atoms with Crippen molar-refractivity contribution in [3.8, 4) is 0 Å². The second-order valence-corrected chi connectivity index (χ2v) is 5.99. The van der Waals surface area contributed by atoms with Gasteiger partial charge in [0.2, 0.25) is 0 Å². The van der Waals surface area contributed by atoms with Crippen LogP contribution in [0.2, 0.25) is 5.02 Å². The number of aromatic nitrogens is 4. The van der Waals surface area contributed by atoms with E-state index in [0.717, 1.165) is 30.9 Å². The van der Waals surface area contributed by atoms with Crippen LogP contribution >= 0.6 is 23.8 Å². The summed E-state index contributed by atoms with van der Waals surface area (Å²) >= 11 is 11.3. The van der Waals surface area contributed by atoms with Crippen LogP contribution in [0, 0.1) is 13.8 Å². The van der Waals surface area contributed by atoms with Gasteiger partial charge in [-0.05, 0) is 38.6 Å². The van der Waals surface area contributed by atoms with Crippen LogP contribution in [0.15, 0.2) is 12.3 Å². The molecular weight excluding hydrogens is 320 g/mol. The molecule has 2 heterocycles. The molecule has 0 fully saturated rings. The first-order valence-electron chi connectivity index (χ1n) is 7.16. The fraction of sp³-hybridized carbons (Fsp3) is 0.500. The summed E-state index contributed by atoms with van der Waals surface area (Å²) in [5.41, 5.74) is 3.15. The summed E-state index contributed by atoms with van der Waals surface area (Å²) in [5, 5.41) is 16.1. The molecule has 2 aromatic heterocycles. The topological polar surface area (TPSA) is 59.7 Å². The van der Waals surface area contributed by atoms with Crippen LogP contribution in [-0.4, -0.2) is 31.2 Å². The molecule has 2 N–H and O–H groups in total. The fourth-order valence-electron chi connectivity index (χ4n) is 2.19. The van der Waals surface area contributed by atoms with E-state index in [1.54, 1.807) is 10.9 Å². The van der Waals surface area contributed by atoms with E-state index in [9.17, 15) is 0 Å². The third kappa shape index (κ3) is 4.45.